The Kier molecular flexibility index (Phi) is 8.64. The fourth-order valence-electron chi connectivity index (χ4n) is 2.08. The van der Waals surface area contributed by atoms with E-state index in [0.717, 1.165) is 44.1 Å². The van der Waals surface area contributed by atoms with Gasteiger partial charge < -0.3 is 15.1 Å². The molecule has 0 aliphatic heterocycles. The molecule has 2 aromatic rings. The molecule has 6 nitrogen and oxygen atoms in total. The van der Waals surface area contributed by atoms with Crippen molar-refractivity contribution >= 4 is 29.9 Å². The third-order valence-electron chi connectivity index (χ3n) is 3.16. The summed E-state index contributed by atoms with van der Waals surface area (Å²) in [6.07, 6.45) is 8.58. The molecule has 0 unspecified atom stereocenters. The third-order valence-corrected chi connectivity index (χ3v) is 3.16. The summed E-state index contributed by atoms with van der Waals surface area (Å²) in [6, 6.07) is 3.88. The van der Waals surface area contributed by atoms with E-state index >= 15 is 0 Å². The molecule has 122 valence electrons. The number of aliphatic imine (C=N–C) groups is 1. The largest absolute Gasteiger partial charge is 0.469 e. The SMILES string of the molecule is CN=C(NCCCc1cnn(C)c1)NCCc1ccco1.I. The molecule has 0 amide bonds. The molecule has 2 aromatic heterocycles. The lowest BCUT2D eigenvalue weighted by atomic mass is 10.2. The molecule has 0 aromatic carbocycles. The van der Waals surface area contributed by atoms with Gasteiger partial charge in [0.1, 0.15) is 5.76 Å². The Morgan fingerprint density at radius 3 is 2.77 bits per heavy atom. The predicted octanol–water partition coefficient (Wildman–Crippen LogP) is 1.97. The second-order valence-corrected chi connectivity index (χ2v) is 4.88. The molecule has 2 N–H and O–H groups in total. The number of aryl methyl sites for hydroxylation is 2. The van der Waals surface area contributed by atoms with Gasteiger partial charge >= 0.3 is 0 Å². The summed E-state index contributed by atoms with van der Waals surface area (Å²) in [6.45, 7) is 1.69. The zero-order valence-electron chi connectivity index (χ0n) is 13.1. The Morgan fingerprint density at radius 2 is 2.14 bits per heavy atom. The lowest BCUT2D eigenvalue weighted by Gasteiger charge is -2.10. The smallest absolute Gasteiger partial charge is 0.190 e. The molecule has 0 saturated carbocycles. The highest BCUT2D eigenvalue weighted by Crippen LogP contribution is 2.00. The normalized spacial score (nSPS) is 11.1. The van der Waals surface area contributed by atoms with Crippen LogP contribution in [0.25, 0.3) is 0 Å². The van der Waals surface area contributed by atoms with Crippen LogP contribution in [0.3, 0.4) is 0 Å². The number of hydrogen-bond donors (Lipinski definition) is 2. The first-order chi connectivity index (χ1) is 10.3. The second-order valence-electron chi connectivity index (χ2n) is 4.88. The molecule has 0 spiro atoms. The second kappa shape index (κ2) is 10.3. The van der Waals surface area contributed by atoms with E-state index in [0.29, 0.717) is 0 Å². The third kappa shape index (κ3) is 6.50. The fraction of sp³-hybridized carbons (Fsp3) is 0.467. The van der Waals surface area contributed by atoms with Gasteiger partial charge in [-0.1, -0.05) is 0 Å². The molecule has 2 heterocycles. The Labute approximate surface area is 148 Å². The van der Waals surface area contributed by atoms with E-state index in [1.54, 1.807) is 13.3 Å². The first-order valence-electron chi connectivity index (χ1n) is 7.22. The average molecular weight is 417 g/mol. The molecule has 0 aliphatic carbocycles. The molecule has 0 bridgehead atoms. The number of aromatic nitrogens is 2. The molecule has 22 heavy (non-hydrogen) atoms. The van der Waals surface area contributed by atoms with Crippen molar-refractivity contribution in [1.82, 2.24) is 20.4 Å². The van der Waals surface area contributed by atoms with E-state index in [1.807, 2.05) is 30.1 Å². The van der Waals surface area contributed by atoms with Crippen LogP contribution in [-0.4, -0.2) is 35.9 Å². The van der Waals surface area contributed by atoms with E-state index in [9.17, 15) is 0 Å². The van der Waals surface area contributed by atoms with Gasteiger partial charge in [0.05, 0.1) is 12.5 Å². The van der Waals surface area contributed by atoms with Crippen molar-refractivity contribution < 1.29 is 4.42 Å². The lowest BCUT2D eigenvalue weighted by molar-refractivity contribution is 0.506. The highest BCUT2D eigenvalue weighted by Gasteiger charge is 2.00. The number of nitrogens with one attached hydrogen (secondary N) is 2. The van der Waals surface area contributed by atoms with Gasteiger partial charge in [0, 0.05) is 39.8 Å². The van der Waals surface area contributed by atoms with Crippen LogP contribution in [0.2, 0.25) is 0 Å². The van der Waals surface area contributed by atoms with E-state index in [1.165, 1.54) is 5.56 Å². The summed E-state index contributed by atoms with van der Waals surface area (Å²) in [5.74, 6) is 1.81. The van der Waals surface area contributed by atoms with Gasteiger partial charge in [-0.05, 0) is 30.5 Å². The topological polar surface area (TPSA) is 67.4 Å². The van der Waals surface area contributed by atoms with E-state index in [2.05, 4.69) is 26.9 Å². The maximum absolute atomic E-state index is 5.29. The first-order valence-corrected chi connectivity index (χ1v) is 7.22. The first kappa shape index (κ1) is 18.5. The molecular weight excluding hydrogens is 393 g/mol. The number of rotatable bonds is 7. The summed E-state index contributed by atoms with van der Waals surface area (Å²) in [5.41, 5.74) is 1.26. The molecule has 0 saturated heterocycles. The summed E-state index contributed by atoms with van der Waals surface area (Å²) in [5, 5.41) is 10.7. The highest BCUT2D eigenvalue weighted by atomic mass is 127. The molecular formula is C15H24IN5O. The van der Waals surface area contributed by atoms with Gasteiger partial charge in [-0.3, -0.25) is 9.67 Å². The fourth-order valence-corrected chi connectivity index (χ4v) is 2.08. The maximum atomic E-state index is 5.29. The van der Waals surface area contributed by atoms with Crippen molar-refractivity contribution in [3.63, 3.8) is 0 Å². The van der Waals surface area contributed by atoms with Gasteiger partial charge in [-0.15, -0.1) is 24.0 Å². The summed E-state index contributed by atoms with van der Waals surface area (Å²) in [7, 11) is 3.72. The number of furan rings is 1. The van der Waals surface area contributed by atoms with Crippen molar-refractivity contribution in [2.45, 2.75) is 19.3 Å². The van der Waals surface area contributed by atoms with Crippen molar-refractivity contribution in [3.05, 3.63) is 42.1 Å². The van der Waals surface area contributed by atoms with Gasteiger partial charge in [-0.2, -0.15) is 5.10 Å². The molecule has 7 heteroatoms. The van der Waals surface area contributed by atoms with Crippen LogP contribution in [0, 0.1) is 0 Å². The number of hydrogen-bond acceptors (Lipinski definition) is 3. The Balaban J connectivity index is 0.00000242. The maximum Gasteiger partial charge on any atom is 0.190 e. The van der Waals surface area contributed by atoms with E-state index < -0.39 is 0 Å². The van der Waals surface area contributed by atoms with E-state index in [4.69, 9.17) is 4.42 Å². The Hall–Kier alpha value is -1.51. The molecule has 0 atom stereocenters. The van der Waals surface area contributed by atoms with Gasteiger partial charge in [0.25, 0.3) is 0 Å². The summed E-state index contributed by atoms with van der Waals surface area (Å²) < 4.78 is 7.12. The van der Waals surface area contributed by atoms with Gasteiger partial charge in [0.2, 0.25) is 0 Å². The highest BCUT2D eigenvalue weighted by molar-refractivity contribution is 14.0. The van der Waals surface area contributed by atoms with Crippen molar-refractivity contribution in [1.29, 1.82) is 0 Å². The predicted molar refractivity (Wildman–Crippen MR) is 98.7 cm³/mol. The average Bonchev–Trinajstić information content (AvgIpc) is 3.13. The van der Waals surface area contributed by atoms with Crippen LogP contribution in [0.15, 0.2) is 40.2 Å². The number of guanidine groups is 1. The summed E-state index contributed by atoms with van der Waals surface area (Å²) >= 11 is 0. The van der Waals surface area contributed by atoms with Crippen molar-refractivity contribution in [2.75, 3.05) is 20.1 Å². The van der Waals surface area contributed by atoms with Crippen molar-refractivity contribution in [2.24, 2.45) is 12.0 Å². The molecule has 2 rings (SSSR count). The van der Waals surface area contributed by atoms with Crippen LogP contribution in [-0.2, 0) is 19.9 Å². The van der Waals surface area contributed by atoms with Gasteiger partial charge in [0.15, 0.2) is 5.96 Å². The zero-order chi connectivity index (χ0) is 14.9. The van der Waals surface area contributed by atoms with Gasteiger partial charge in [-0.25, -0.2) is 0 Å². The Morgan fingerprint density at radius 1 is 1.32 bits per heavy atom. The monoisotopic (exact) mass is 417 g/mol. The number of nitrogens with zero attached hydrogens (tertiary/aromatic N) is 3. The minimum absolute atomic E-state index is 0. The van der Waals surface area contributed by atoms with Crippen LogP contribution in [0.4, 0.5) is 0 Å². The van der Waals surface area contributed by atoms with Crippen LogP contribution < -0.4 is 10.6 Å². The Bertz CT molecular complexity index is 550. The van der Waals surface area contributed by atoms with Crippen molar-refractivity contribution in [3.8, 4) is 0 Å². The minimum atomic E-state index is 0. The van der Waals surface area contributed by atoms with Crippen LogP contribution in [0.1, 0.15) is 17.7 Å². The minimum Gasteiger partial charge on any atom is -0.469 e. The lowest BCUT2D eigenvalue weighted by Crippen LogP contribution is -2.38. The van der Waals surface area contributed by atoms with Crippen LogP contribution >= 0.6 is 24.0 Å². The van der Waals surface area contributed by atoms with E-state index in [-0.39, 0.29) is 24.0 Å². The molecule has 0 radical (unpaired) electrons. The van der Waals surface area contributed by atoms with Crippen LogP contribution in [0.5, 0.6) is 0 Å². The summed E-state index contributed by atoms with van der Waals surface area (Å²) in [4.78, 5) is 4.20. The number of halogens is 1. The quantitative estimate of drug-likeness (QED) is 0.313. The zero-order valence-corrected chi connectivity index (χ0v) is 15.4. The standard InChI is InChI=1S/C15H23N5O.HI/c1-16-15(18-9-7-14-6-4-10-21-14)17-8-3-5-13-11-19-20(2)12-13;/h4,6,10-12H,3,5,7-9H2,1-2H3,(H2,16,17,18);1H. The molecule has 0 aliphatic rings. The molecule has 0 fully saturated rings.